The summed E-state index contributed by atoms with van der Waals surface area (Å²) in [5.74, 6) is -0.0514. The average Bonchev–Trinajstić information content (AvgIpc) is 3.15. The first-order valence-electron chi connectivity index (χ1n) is 7.57. The molecule has 128 valence electrons. The van der Waals surface area contributed by atoms with Crippen LogP contribution >= 0.6 is 23.7 Å². The highest BCUT2D eigenvalue weighted by Crippen LogP contribution is 2.16. The summed E-state index contributed by atoms with van der Waals surface area (Å²) in [6, 6.07) is 10.6. The summed E-state index contributed by atoms with van der Waals surface area (Å²) < 4.78 is 0. The maximum Gasteiger partial charge on any atom is 0.254 e. The van der Waals surface area contributed by atoms with Crippen LogP contribution in [0, 0.1) is 0 Å². The quantitative estimate of drug-likeness (QED) is 0.906. The first kappa shape index (κ1) is 18.4. The van der Waals surface area contributed by atoms with Crippen LogP contribution in [-0.2, 0) is 4.79 Å². The van der Waals surface area contributed by atoms with Crippen LogP contribution in [0.15, 0.2) is 47.2 Å². The van der Waals surface area contributed by atoms with Gasteiger partial charge in [0.1, 0.15) is 6.04 Å². The normalized spacial score (nSPS) is 15.5. The topological polar surface area (TPSA) is 66.6 Å². The van der Waals surface area contributed by atoms with E-state index >= 15 is 0 Å². The van der Waals surface area contributed by atoms with E-state index in [0.29, 0.717) is 26.2 Å². The second kappa shape index (κ2) is 8.28. The van der Waals surface area contributed by atoms with Crippen molar-refractivity contribution >= 4 is 35.6 Å². The number of amides is 2. The predicted molar refractivity (Wildman–Crippen MR) is 97.4 cm³/mol. The third-order valence-electron chi connectivity index (χ3n) is 4.07. The molecule has 0 bridgehead atoms. The first-order valence-corrected chi connectivity index (χ1v) is 8.52. The lowest BCUT2D eigenvalue weighted by Gasteiger charge is -2.35. The number of hydrogen-bond donors (Lipinski definition) is 1. The van der Waals surface area contributed by atoms with Gasteiger partial charge in [-0.3, -0.25) is 9.59 Å². The molecule has 2 heterocycles. The molecule has 1 unspecified atom stereocenters. The van der Waals surface area contributed by atoms with Gasteiger partial charge in [0.15, 0.2) is 0 Å². The van der Waals surface area contributed by atoms with E-state index in [4.69, 9.17) is 5.73 Å². The second-order valence-electron chi connectivity index (χ2n) is 5.52. The van der Waals surface area contributed by atoms with Crippen LogP contribution in [0.2, 0.25) is 0 Å². The van der Waals surface area contributed by atoms with Gasteiger partial charge in [-0.25, -0.2) is 0 Å². The van der Waals surface area contributed by atoms with Gasteiger partial charge in [-0.15, -0.1) is 12.4 Å². The Hall–Kier alpha value is -1.89. The zero-order chi connectivity index (χ0) is 16.2. The summed E-state index contributed by atoms with van der Waals surface area (Å²) in [4.78, 5) is 28.3. The minimum atomic E-state index is -0.643. The van der Waals surface area contributed by atoms with Crippen molar-refractivity contribution in [2.45, 2.75) is 6.04 Å². The van der Waals surface area contributed by atoms with Crippen molar-refractivity contribution in [3.05, 3.63) is 58.3 Å². The van der Waals surface area contributed by atoms with Crippen LogP contribution in [0.4, 0.5) is 0 Å². The number of carbonyl (C=O) groups excluding carboxylic acids is 2. The third-order valence-corrected chi connectivity index (χ3v) is 4.75. The summed E-state index contributed by atoms with van der Waals surface area (Å²) in [7, 11) is 0. The molecule has 1 fully saturated rings. The molecule has 2 N–H and O–H groups in total. The fourth-order valence-electron chi connectivity index (χ4n) is 2.70. The van der Waals surface area contributed by atoms with Crippen LogP contribution in [0.25, 0.3) is 0 Å². The molecule has 0 aliphatic carbocycles. The molecular weight excluding hydrogens is 346 g/mol. The molecule has 2 amide bonds. The molecule has 1 aliphatic heterocycles. The fraction of sp³-hybridized carbons (Fsp3) is 0.294. The van der Waals surface area contributed by atoms with E-state index < -0.39 is 6.04 Å². The van der Waals surface area contributed by atoms with Gasteiger partial charge in [-0.1, -0.05) is 30.3 Å². The Bertz CT molecular complexity index is 670. The molecule has 5 nitrogen and oxygen atoms in total. The number of thiophene rings is 1. The highest BCUT2D eigenvalue weighted by atomic mass is 35.5. The van der Waals surface area contributed by atoms with Crippen molar-refractivity contribution in [3.63, 3.8) is 0 Å². The van der Waals surface area contributed by atoms with Crippen LogP contribution in [0.3, 0.4) is 0 Å². The first-order chi connectivity index (χ1) is 11.2. The highest BCUT2D eigenvalue weighted by Gasteiger charge is 2.28. The number of nitrogens with two attached hydrogens (primary N) is 1. The van der Waals surface area contributed by atoms with E-state index in [1.165, 1.54) is 11.3 Å². The minimum Gasteiger partial charge on any atom is -0.337 e. The Labute approximate surface area is 151 Å². The lowest BCUT2D eigenvalue weighted by Crippen LogP contribution is -2.52. The molecule has 0 saturated carbocycles. The summed E-state index contributed by atoms with van der Waals surface area (Å²) in [6.07, 6.45) is 0. The maximum absolute atomic E-state index is 12.5. The van der Waals surface area contributed by atoms with E-state index in [-0.39, 0.29) is 24.2 Å². The summed E-state index contributed by atoms with van der Waals surface area (Å²) in [6.45, 7) is 2.13. The molecule has 1 saturated heterocycles. The fourth-order valence-corrected chi connectivity index (χ4v) is 3.33. The van der Waals surface area contributed by atoms with E-state index in [9.17, 15) is 9.59 Å². The molecule has 0 spiro atoms. The number of nitrogens with zero attached hydrogens (tertiary/aromatic N) is 2. The Morgan fingerprint density at radius 1 is 1.00 bits per heavy atom. The zero-order valence-electron chi connectivity index (χ0n) is 13.1. The van der Waals surface area contributed by atoms with Gasteiger partial charge in [0.05, 0.1) is 5.56 Å². The van der Waals surface area contributed by atoms with Crippen molar-refractivity contribution in [3.8, 4) is 0 Å². The highest BCUT2D eigenvalue weighted by molar-refractivity contribution is 7.08. The van der Waals surface area contributed by atoms with E-state index in [1.54, 1.807) is 9.80 Å². The molecule has 7 heteroatoms. The largest absolute Gasteiger partial charge is 0.337 e. The number of piperazine rings is 1. The summed E-state index contributed by atoms with van der Waals surface area (Å²) >= 11 is 1.51. The van der Waals surface area contributed by atoms with Gasteiger partial charge in [-0.05, 0) is 17.0 Å². The van der Waals surface area contributed by atoms with Crippen LogP contribution in [0.5, 0.6) is 0 Å². The van der Waals surface area contributed by atoms with Gasteiger partial charge in [0.2, 0.25) is 5.91 Å². The number of hydrogen-bond acceptors (Lipinski definition) is 4. The zero-order valence-corrected chi connectivity index (χ0v) is 14.8. The van der Waals surface area contributed by atoms with Crippen molar-refractivity contribution in [1.82, 2.24) is 9.80 Å². The van der Waals surface area contributed by atoms with Gasteiger partial charge >= 0.3 is 0 Å². The molecule has 0 radical (unpaired) electrons. The molecule has 1 aromatic carbocycles. The van der Waals surface area contributed by atoms with Crippen molar-refractivity contribution in [2.24, 2.45) is 5.73 Å². The summed E-state index contributed by atoms with van der Waals surface area (Å²) in [5, 5.41) is 3.75. The molecule has 1 atom stereocenters. The van der Waals surface area contributed by atoms with E-state index in [1.807, 2.05) is 47.2 Å². The molecule has 2 aromatic rings. The van der Waals surface area contributed by atoms with Crippen molar-refractivity contribution in [1.29, 1.82) is 0 Å². The van der Waals surface area contributed by atoms with Gasteiger partial charge in [0.25, 0.3) is 5.91 Å². The lowest BCUT2D eigenvalue weighted by molar-refractivity contribution is -0.134. The SMILES string of the molecule is Cl.NC(C(=O)N1CCN(C(=O)c2ccsc2)CC1)c1ccccc1. The number of benzene rings is 1. The van der Waals surface area contributed by atoms with Crippen LogP contribution in [0.1, 0.15) is 22.0 Å². The number of carbonyl (C=O) groups is 2. The minimum absolute atomic E-state index is 0. The monoisotopic (exact) mass is 365 g/mol. The maximum atomic E-state index is 12.5. The molecule has 1 aromatic heterocycles. The van der Waals surface area contributed by atoms with E-state index in [2.05, 4.69) is 0 Å². The Kier molecular flexibility index (Phi) is 6.36. The van der Waals surface area contributed by atoms with Gasteiger partial charge in [0, 0.05) is 31.6 Å². The van der Waals surface area contributed by atoms with E-state index in [0.717, 1.165) is 11.1 Å². The Balaban J connectivity index is 0.00000208. The molecule has 3 rings (SSSR count). The second-order valence-corrected chi connectivity index (χ2v) is 6.30. The predicted octanol–water partition coefficient (Wildman–Crippen LogP) is 2.15. The van der Waals surface area contributed by atoms with Crippen molar-refractivity contribution < 1.29 is 9.59 Å². The smallest absolute Gasteiger partial charge is 0.254 e. The molecular formula is C17H20ClN3O2S. The Morgan fingerprint density at radius 3 is 2.21 bits per heavy atom. The average molecular weight is 366 g/mol. The van der Waals surface area contributed by atoms with Gasteiger partial charge in [-0.2, -0.15) is 11.3 Å². The van der Waals surface area contributed by atoms with Gasteiger partial charge < -0.3 is 15.5 Å². The van der Waals surface area contributed by atoms with Crippen molar-refractivity contribution in [2.75, 3.05) is 26.2 Å². The lowest BCUT2D eigenvalue weighted by atomic mass is 10.1. The number of halogens is 1. The standard InChI is InChI=1S/C17H19N3O2S.ClH/c18-15(13-4-2-1-3-5-13)17(22)20-9-7-19(8-10-20)16(21)14-6-11-23-12-14;/h1-6,11-12,15H,7-10,18H2;1H. The number of rotatable bonds is 3. The van der Waals surface area contributed by atoms with Crippen LogP contribution < -0.4 is 5.73 Å². The third kappa shape index (κ3) is 3.95. The molecule has 1 aliphatic rings. The summed E-state index contributed by atoms with van der Waals surface area (Å²) in [5.41, 5.74) is 7.60. The Morgan fingerprint density at radius 2 is 1.62 bits per heavy atom. The van der Waals surface area contributed by atoms with Crippen LogP contribution in [-0.4, -0.2) is 47.8 Å². The molecule has 24 heavy (non-hydrogen) atoms.